The van der Waals surface area contributed by atoms with E-state index in [9.17, 15) is 9.59 Å². The highest BCUT2D eigenvalue weighted by atomic mass is 16.2. The van der Waals surface area contributed by atoms with Crippen LogP contribution in [0.3, 0.4) is 0 Å². The molecule has 1 rings (SSSR count). The fraction of sp³-hybridized carbons (Fsp3) is 0.500. The molecule has 1 aromatic rings. The summed E-state index contributed by atoms with van der Waals surface area (Å²) in [6.07, 6.45) is 0. The van der Waals surface area contributed by atoms with Crippen LogP contribution in [-0.4, -0.2) is 23.9 Å². The van der Waals surface area contributed by atoms with Crippen LogP contribution in [0.4, 0.5) is 0 Å². The highest BCUT2D eigenvalue weighted by molar-refractivity contribution is 5.86. The quantitative estimate of drug-likeness (QED) is 0.765. The maximum absolute atomic E-state index is 12.1. The SMILES string of the molecule is CC(C(=O)NCC(=O)NC(C)(C)C)C(N)c1ccccc1. The minimum Gasteiger partial charge on any atom is -0.350 e. The zero-order valence-corrected chi connectivity index (χ0v) is 13.1. The summed E-state index contributed by atoms with van der Waals surface area (Å²) < 4.78 is 0. The van der Waals surface area contributed by atoms with Crippen LogP contribution in [0.2, 0.25) is 0 Å². The molecule has 5 nitrogen and oxygen atoms in total. The number of hydrogen-bond donors (Lipinski definition) is 3. The molecular weight excluding hydrogens is 266 g/mol. The van der Waals surface area contributed by atoms with E-state index in [0.29, 0.717) is 0 Å². The van der Waals surface area contributed by atoms with Gasteiger partial charge in [-0.2, -0.15) is 0 Å². The molecule has 0 aromatic heterocycles. The number of benzene rings is 1. The first-order valence-electron chi connectivity index (χ1n) is 7.10. The summed E-state index contributed by atoms with van der Waals surface area (Å²) in [4.78, 5) is 23.7. The standard InChI is InChI=1S/C16H25N3O2/c1-11(14(17)12-8-6-5-7-9-12)15(21)18-10-13(20)19-16(2,3)4/h5-9,11,14H,10,17H2,1-4H3,(H,18,21)(H,19,20). The van der Waals surface area contributed by atoms with Crippen molar-refractivity contribution in [3.05, 3.63) is 35.9 Å². The second-order valence-corrected chi connectivity index (χ2v) is 6.24. The van der Waals surface area contributed by atoms with Crippen LogP contribution >= 0.6 is 0 Å². The topological polar surface area (TPSA) is 84.2 Å². The molecule has 1 aromatic carbocycles. The highest BCUT2D eigenvalue weighted by Gasteiger charge is 2.23. The second kappa shape index (κ2) is 7.22. The summed E-state index contributed by atoms with van der Waals surface area (Å²) >= 11 is 0. The summed E-state index contributed by atoms with van der Waals surface area (Å²) in [5.41, 5.74) is 6.68. The molecule has 0 aliphatic rings. The summed E-state index contributed by atoms with van der Waals surface area (Å²) in [5, 5.41) is 5.41. The smallest absolute Gasteiger partial charge is 0.239 e. The van der Waals surface area contributed by atoms with E-state index in [1.165, 1.54) is 0 Å². The normalized spacial score (nSPS) is 14.1. The molecule has 5 heteroatoms. The number of nitrogens with one attached hydrogen (secondary N) is 2. The van der Waals surface area contributed by atoms with E-state index >= 15 is 0 Å². The zero-order valence-electron chi connectivity index (χ0n) is 13.1. The first-order valence-corrected chi connectivity index (χ1v) is 7.10. The van der Waals surface area contributed by atoms with Gasteiger partial charge in [-0.1, -0.05) is 37.3 Å². The Bertz CT molecular complexity index is 480. The van der Waals surface area contributed by atoms with E-state index in [2.05, 4.69) is 10.6 Å². The van der Waals surface area contributed by atoms with Crippen molar-refractivity contribution in [3.63, 3.8) is 0 Å². The molecule has 0 fully saturated rings. The Morgan fingerprint density at radius 2 is 1.76 bits per heavy atom. The second-order valence-electron chi connectivity index (χ2n) is 6.24. The van der Waals surface area contributed by atoms with E-state index in [4.69, 9.17) is 5.73 Å². The van der Waals surface area contributed by atoms with Gasteiger partial charge in [0.1, 0.15) is 0 Å². The Kier molecular flexibility index (Phi) is 5.90. The Hall–Kier alpha value is -1.88. The molecule has 2 amide bonds. The molecule has 0 radical (unpaired) electrons. The van der Waals surface area contributed by atoms with Gasteiger partial charge in [0.15, 0.2) is 0 Å². The third kappa shape index (κ3) is 5.95. The van der Waals surface area contributed by atoms with Crippen LogP contribution in [-0.2, 0) is 9.59 Å². The van der Waals surface area contributed by atoms with Crippen molar-refractivity contribution in [1.82, 2.24) is 10.6 Å². The van der Waals surface area contributed by atoms with Gasteiger partial charge in [0.25, 0.3) is 0 Å². The van der Waals surface area contributed by atoms with Crippen molar-refractivity contribution in [2.75, 3.05) is 6.54 Å². The van der Waals surface area contributed by atoms with E-state index in [1.54, 1.807) is 6.92 Å². The van der Waals surface area contributed by atoms with Crippen LogP contribution in [0, 0.1) is 5.92 Å². The largest absolute Gasteiger partial charge is 0.350 e. The Morgan fingerprint density at radius 3 is 2.29 bits per heavy atom. The van der Waals surface area contributed by atoms with Gasteiger partial charge in [-0.05, 0) is 26.3 Å². The number of hydrogen-bond acceptors (Lipinski definition) is 3. The van der Waals surface area contributed by atoms with Crippen LogP contribution in [0.15, 0.2) is 30.3 Å². The molecule has 4 N–H and O–H groups in total. The van der Waals surface area contributed by atoms with E-state index in [0.717, 1.165) is 5.56 Å². The molecule has 0 bridgehead atoms. The number of nitrogens with two attached hydrogens (primary N) is 1. The van der Waals surface area contributed by atoms with Gasteiger partial charge in [-0.25, -0.2) is 0 Å². The predicted molar refractivity (Wildman–Crippen MR) is 83.4 cm³/mol. The van der Waals surface area contributed by atoms with Gasteiger partial charge in [0.2, 0.25) is 11.8 Å². The first kappa shape index (κ1) is 17.2. The molecule has 2 unspecified atom stereocenters. The molecule has 0 saturated carbocycles. The van der Waals surface area contributed by atoms with Gasteiger partial charge < -0.3 is 16.4 Å². The van der Waals surface area contributed by atoms with Gasteiger partial charge in [0.05, 0.1) is 12.5 Å². The lowest BCUT2D eigenvalue weighted by atomic mass is 9.95. The van der Waals surface area contributed by atoms with Crippen molar-refractivity contribution in [3.8, 4) is 0 Å². The van der Waals surface area contributed by atoms with Crippen molar-refractivity contribution in [1.29, 1.82) is 0 Å². The summed E-state index contributed by atoms with van der Waals surface area (Å²) in [7, 11) is 0. The third-order valence-corrected chi connectivity index (χ3v) is 3.07. The van der Waals surface area contributed by atoms with Gasteiger partial charge in [0, 0.05) is 11.6 Å². The number of rotatable bonds is 5. The van der Waals surface area contributed by atoms with Crippen molar-refractivity contribution in [2.45, 2.75) is 39.3 Å². The molecule has 0 saturated heterocycles. The molecule has 0 aliphatic heterocycles. The Balaban J connectivity index is 2.50. The molecule has 0 heterocycles. The van der Waals surface area contributed by atoms with E-state index in [1.807, 2.05) is 51.1 Å². The minimum atomic E-state index is -0.408. The molecule has 2 atom stereocenters. The molecular formula is C16H25N3O2. The fourth-order valence-electron chi connectivity index (χ4n) is 1.92. The monoisotopic (exact) mass is 291 g/mol. The molecule has 116 valence electrons. The average molecular weight is 291 g/mol. The van der Waals surface area contributed by atoms with Crippen LogP contribution in [0.25, 0.3) is 0 Å². The summed E-state index contributed by atoms with van der Waals surface area (Å²) in [5.74, 6) is -0.846. The lowest BCUT2D eigenvalue weighted by molar-refractivity contribution is -0.129. The molecule has 0 aliphatic carbocycles. The maximum atomic E-state index is 12.1. The average Bonchev–Trinajstić information content (AvgIpc) is 2.42. The Morgan fingerprint density at radius 1 is 1.19 bits per heavy atom. The lowest BCUT2D eigenvalue weighted by Gasteiger charge is -2.22. The van der Waals surface area contributed by atoms with Crippen molar-refractivity contribution < 1.29 is 9.59 Å². The first-order chi connectivity index (χ1) is 9.70. The number of carbonyl (C=O) groups is 2. The lowest BCUT2D eigenvalue weighted by Crippen LogP contribution is -2.47. The highest BCUT2D eigenvalue weighted by Crippen LogP contribution is 2.18. The fourth-order valence-corrected chi connectivity index (χ4v) is 1.92. The van der Waals surface area contributed by atoms with Crippen LogP contribution in [0.1, 0.15) is 39.3 Å². The number of carbonyl (C=O) groups excluding carboxylic acids is 2. The zero-order chi connectivity index (χ0) is 16.0. The maximum Gasteiger partial charge on any atom is 0.239 e. The van der Waals surface area contributed by atoms with Gasteiger partial charge in [-0.3, -0.25) is 9.59 Å². The van der Waals surface area contributed by atoms with Crippen LogP contribution < -0.4 is 16.4 Å². The van der Waals surface area contributed by atoms with E-state index < -0.39 is 12.0 Å². The van der Waals surface area contributed by atoms with Crippen molar-refractivity contribution in [2.24, 2.45) is 11.7 Å². The molecule has 0 spiro atoms. The summed E-state index contributed by atoms with van der Waals surface area (Å²) in [6, 6.07) is 9.06. The summed E-state index contributed by atoms with van der Waals surface area (Å²) in [6.45, 7) is 7.39. The predicted octanol–water partition coefficient (Wildman–Crippen LogP) is 1.35. The number of amides is 2. The van der Waals surface area contributed by atoms with Gasteiger partial charge in [-0.15, -0.1) is 0 Å². The Labute approximate surface area is 126 Å². The molecule has 21 heavy (non-hydrogen) atoms. The van der Waals surface area contributed by atoms with Gasteiger partial charge >= 0.3 is 0 Å². The van der Waals surface area contributed by atoms with Crippen LogP contribution in [0.5, 0.6) is 0 Å². The van der Waals surface area contributed by atoms with E-state index in [-0.39, 0.29) is 23.9 Å². The van der Waals surface area contributed by atoms with Crippen molar-refractivity contribution >= 4 is 11.8 Å². The third-order valence-electron chi connectivity index (χ3n) is 3.07. The minimum absolute atomic E-state index is 0.0397.